The fourth-order valence-electron chi connectivity index (χ4n) is 3.51. The van der Waals surface area contributed by atoms with Gasteiger partial charge in [0.15, 0.2) is 0 Å². The van der Waals surface area contributed by atoms with Crippen LogP contribution in [0.4, 0.5) is 0 Å². The van der Waals surface area contributed by atoms with Crippen molar-refractivity contribution in [2.24, 2.45) is 0 Å². The Balaban J connectivity index is 0.00000180. The molecule has 1 aliphatic carbocycles. The molecule has 0 atom stereocenters. The molecule has 1 aliphatic rings. The van der Waals surface area contributed by atoms with E-state index >= 15 is 0 Å². The van der Waals surface area contributed by atoms with Crippen LogP contribution < -0.4 is 3.40 Å². The van der Waals surface area contributed by atoms with Gasteiger partial charge in [-0.2, -0.15) is 0 Å². The van der Waals surface area contributed by atoms with Gasteiger partial charge in [-0.05, 0) is 0 Å². The van der Waals surface area contributed by atoms with Crippen LogP contribution >= 0.6 is 24.8 Å². The quantitative estimate of drug-likeness (QED) is 0.583. The fourth-order valence-corrected chi connectivity index (χ4v) is 17.9. The van der Waals surface area contributed by atoms with E-state index in [4.69, 9.17) is 0 Å². The number of hydrogen-bond donors (Lipinski definition) is 1. The summed E-state index contributed by atoms with van der Waals surface area (Å²) in [6.45, 7) is 0. The van der Waals surface area contributed by atoms with Crippen LogP contribution in [0.15, 0.2) is 39.8 Å². The molecule has 0 spiro atoms. The van der Waals surface area contributed by atoms with E-state index in [-0.39, 0.29) is 24.8 Å². The molecule has 119 valence electrons. The van der Waals surface area contributed by atoms with E-state index in [1.807, 2.05) is 0 Å². The van der Waals surface area contributed by atoms with Crippen molar-refractivity contribution in [1.82, 2.24) is 4.98 Å². The summed E-state index contributed by atoms with van der Waals surface area (Å²) in [5.74, 6) is 0. The first-order valence-corrected chi connectivity index (χ1v) is 26.9. The number of aromatic nitrogens is 1. The number of halogens is 2. The average Bonchev–Trinajstić information content (AvgIpc) is 2.75. The van der Waals surface area contributed by atoms with Crippen molar-refractivity contribution < 1.29 is 12.8 Å². The van der Waals surface area contributed by atoms with Crippen LogP contribution in [0.5, 0.6) is 0 Å². The molecule has 0 aliphatic heterocycles. The zero-order valence-electron chi connectivity index (χ0n) is 14.0. The molecule has 1 aromatic rings. The molecule has 1 heterocycles. The monoisotopic (exact) mass is 398 g/mol. The zero-order valence-corrected chi connectivity index (χ0v) is 18.1. The minimum absolute atomic E-state index is 0. The third kappa shape index (κ3) is 2.53. The summed E-state index contributed by atoms with van der Waals surface area (Å²) in [4.78, 5) is 3.56. The molecule has 2 rings (SSSR count). The van der Waals surface area contributed by atoms with Gasteiger partial charge in [0.25, 0.3) is 0 Å². The van der Waals surface area contributed by atoms with E-state index in [9.17, 15) is 0 Å². The van der Waals surface area contributed by atoms with Crippen molar-refractivity contribution >= 4 is 28.2 Å². The summed E-state index contributed by atoms with van der Waals surface area (Å²) < 4.78 is 20.6. The molecule has 0 aromatic carbocycles. The predicted octanol–water partition coefficient (Wildman–Crippen LogP) is 6.50. The number of hydrogen-bond acceptors (Lipinski definition) is 0. The van der Waals surface area contributed by atoms with E-state index in [1.165, 1.54) is 3.40 Å². The zero-order chi connectivity index (χ0) is 14.1. The van der Waals surface area contributed by atoms with Gasteiger partial charge in [0, 0.05) is 0 Å². The Bertz CT molecular complexity index is 653. The number of aromatic amines is 1. The number of H-pyrrole nitrogens is 1. The Morgan fingerprint density at radius 2 is 1.50 bits per heavy atom. The molecule has 0 amide bonds. The van der Waals surface area contributed by atoms with Gasteiger partial charge in [0.05, 0.1) is 0 Å². The molecule has 0 saturated carbocycles. The number of nitrogens with one attached hydrogen (secondary N) is 1. The van der Waals surface area contributed by atoms with Crippen molar-refractivity contribution in [3.63, 3.8) is 0 Å². The first kappa shape index (κ1) is 20.2. The number of rotatable bonds is 2. The first-order valence-electron chi connectivity index (χ1n) is 7.21. The van der Waals surface area contributed by atoms with Gasteiger partial charge in [0.2, 0.25) is 0 Å². The molecule has 0 unspecified atom stereocenters. The van der Waals surface area contributed by atoms with Crippen LogP contribution in [0.25, 0.3) is 0 Å². The summed E-state index contributed by atoms with van der Waals surface area (Å²) >= 11 is -5.00. The van der Waals surface area contributed by atoms with E-state index in [0.29, 0.717) is 0 Å². The van der Waals surface area contributed by atoms with Crippen molar-refractivity contribution in [1.29, 1.82) is 0 Å². The van der Waals surface area contributed by atoms with Crippen molar-refractivity contribution in [2.45, 2.75) is 38.8 Å². The van der Waals surface area contributed by atoms with Gasteiger partial charge in [-0.3, -0.25) is 0 Å². The summed E-state index contributed by atoms with van der Waals surface area (Å²) in [5, 5.41) is 0. The molecular weight excluding hydrogens is 368 g/mol. The van der Waals surface area contributed by atoms with E-state index in [2.05, 4.69) is 74.0 Å². The normalized spacial score (nSPS) is 25.1. The van der Waals surface area contributed by atoms with Crippen molar-refractivity contribution in [2.75, 3.05) is 0 Å². The maximum absolute atomic E-state index is 5.00. The second kappa shape index (κ2) is 2.53. The topological polar surface area (TPSA) is 15.8 Å². The predicted molar refractivity (Wildman–Crippen MR) is 97.8 cm³/mol. The molecule has 1 aromatic heterocycles. The molecule has 0 radical (unpaired) electrons. The number of allylic oxidation sites excluding steroid dienone is 4. The molecule has 4 heteroatoms. The van der Waals surface area contributed by atoms with E-state index < -0.39 is 12.8 Å². The van der Waals surface area contributed by atoms with Crippen LogP contribution in [0.2, 0.25) is 32.4 Å². The van der Waals surface area contributed by atoms with E-state index in [1.54, 1.807) is 3.28 Å². The standard InChI is InChI=1S/C5H5.C4H4N.7CH3.2ClH.Zr/c2*1-2-4-5-3-1;;;;;;;;;;/h1-3H,4H2;1-3,5H;7*1H3;2*1H;. The van der Waals surface area contributed by atoms with Crippen molar-refractivity contribution in [3.05, 3.63) is 39.8 Å². The van der Waals surface area contributed by atoms with Gasteiger partial charge in [-0.15, -0.1) is 24.8 Å². The SMILES string of the molecule is Cl.Cl.[CH3][Zr]([CH3])([CH3])([CH3])([CH3])([CH3])([CH3])([C]1=CC=CC1)[c]1ccc[nH]1. The summed E-state index contributed by atoms with van der Waals surface area (Å²) in [5.41, 5.74) is 0. The molecular formula is C16H32Cl2NZr. The van der Waals surface area contributed by atoms with Crippen molar-refractivity contribution in [3.8, 4) is 0 Å². The molecule has 0 saturated heterocycles. The van der Waals surface area contributed by atoms with Crippen LogP contribution in [0.1, 0.15) is 6.42 Å². The second-order valence-corrected chi connectivity index (χ2v) is 88.9. The molecule has 1 nitrogen and oxygen atoms in total. The third-order valence-electron chi connectivity index (χ3n) is 5.80. The van der Waals surface area contributed by atoms with Gasteiger partial charge in [-0.1, -0.05) is 0 Å². The van der Waals surface area contributed by atoms with Crippen LogP contribution in [-0.2, 0) is 12.8 Å². The summed E-state index contributed by atoms with van der Waals surface area (Å²) in [6, 6.07) is 4.39. The Morgan fingerprint density at radius 3 is 1.85 bits per heavy atom. The first-order chi connectivity index (χ1) is 7.35. The Kier molecular flexibility index (Phi) is 2.56. The Morgan fingerprint density at radius 1 is 0.950 bits per heavy atom. The second-order valence-electron chi connectivity index (χ2n) is 16.5. The molecule has 0 fully saturated rings. The van der Waals surface area contributed by atoms with Gasteiger partial charge < -0.3 is 0 Å². The fraction of sp³-hybridized carbons (Fsp3) is 0.500. The molecule has 0 bridgehead atoms. The summed E-state index contributed by atoms with van der Waals surface area (Å²) in [6.07, 6.45) is 9.93. The van der Waals surface area contributed by atoms with Gasteiger partial charge >= 0.3 is 99.9 Å². The Labute approximate surface area is 124 Å². The molecule has 20 heavy (non-hydrogen) atoms. The van der Waals surface area contributed by atoms with Crippen LogP contribution in [0, 0.1) is 0 Å². The van der Waals surface area contributed by atoms with Gasteiger partial charge in [-0.25, -0.2) is 0 Å². The third-order valence-corrected chi connectivity index (χ3v) is 29.2. The average molecular weight is 401 g/mol. The van der Waals surface area contributed by atoms with Gasteiger partial charge in [0.1, 0.15) is 0 Å². The summed E-state index contributed by atoms with van der Waals surface area (Å²) in [7, 11) is 0. The Hall–Kier alpha value is 0.223. The minimum atomic E-state index is -5.00. The van der Waals surface area contributed by atoms with Crippen LogP contribution in [0.3, 0.4) is 0 Å². The maximum atomic E-state index is 3.56. The molecule has 1 N–H and O–H groups in total. The van der Waals surface area contributed by atoms with Crippen LogP contribution in [-0.4, -0.2) is 4.98 Å². The van der Waals surface area contributed by atoms with E-state index in [0.717, 1.165) is 6.42 Å².